The van der Waals surface area contributed by atoms with Crippen LogP contribution in [-0.4, -0.2) is 33.0 Å². The van der Waals surface area contributed by atoms with E-state index in [4.69, 9.17) is 18.3 Å². The van der Waals surface area contributed by atoms with Gasteiger partial charge in [-0.2, -0.15) is 0 Å². The molecule has 9 heteroatoms. The Morgan fingerprint density at radius 3 is 1.89 bits per heavy atom. The fourth-order valence-electron chi connectivity index (χ4n) is 5.25. The Hall–Kier alpha value is -5.18. The van der Waals surface area contributed by atoms with E-state index in [1.165, 1.54) is 17.4 Å². The molecule has 9 nitrogen and oxygen atoms in total. The van der Waals surface area contributed by atoms with Crippen molar-refractivity contribution in [1.82, 2.24) is 14.9 Å². The van der Waals surface area contributed by atoms with E-state index in [0.29, 0.717) is 43.3 Å². The van der Waals surface area contributed by atoms with Gasteiger partial charge in [-0.25, -0.2) is 19.7 Å². The molecular formula is C36H35N3O6. The number of ether oxygens (including phenoxy) is 2. The zero-order chi connectivity index (χ0) is 30.8. The number of carbonyl (C=O) groups is 2. The number of nitrogens with zero attached hydrogens (tertiary/aromatic N) is 3. The zero-order valence-corrected chi connectivity index (χ0v) is 25.0. The van der Waals surface area contributed by atoms with Crippen LogP contribution in [0.3, 0.4) is 0 Å². The number of aryl methyl sites for hydroxylation is 5. The van der Waals surface area contributed by atoms with Crippen LogP contribution in [0.4, 0.5) is 4.79 Å². The monoisotopic (exact) mass is 605 g/mol. The van der Waals surface area contributed by atoms with Crippen molar-refractivity contribution < 1.29 is 27.9 Å². The lowest BCUT2D eigenvalue weighted by molar-refractivity contribution is -0.130. The quantitative estimate of drug-likeness (QED) is 0.130. The summed E-state index contributed by atoms with van der Waals surface area (Å²) in [6, 6.07) is 28.2. The van der Waals surface area contributed by atoms with E-state index in [2.05, 4.69) is 34.2 Å². The fraction of sp³-hybridized carbons (Fsp3) is 0.278. The predicted octanol–water partition coefficient (Wildman–Crippen LogP) is 6.68. The van der Waals surface area contributed by atoms with Crippen LogP contribution in [0.5, 0.6) is 5.75 Å². The maximum absolute atomic E-state index is 12.9. The molecule has 230 valence electrons. The molecule has 0 aliphatic carbocycles. The van der Waals surface area contributed by atoms with Crippen LogP contribution in [0.25, 0.3) is 0 Å². The molecule has 0 saturated carbocycles. The summed E-state index contributed by atoms with van der Waals surface area (Å²) in [5, 5.41) is 0. The first-order chi connectivity index (χ1) is 22.1. The number of oxazole rings is 2. The second kappa shape index (κ2) is 14.5. The van der Waals surface area contributed by atoms with Gasteiger partial charge < -0.3 is 18.3 Å². The van der Waals surface area contributed by atoms with Crippen LogP contribution in [-0.2, 0) is 54.8 Å². The summed E-state index contributed by atoms with van der Waals surface area (Å²) < 4.78 is 22.4. The van der Waals surface area contributed by atoms with E-state index >= 15 is 0 Å². The van der Waals surface area contributed by atoms with Crippen LogP contribution < -0.4 is 4.74 Å². The van der Waals surface area contributed by atoms with E-state index < -0.39 is 12.2 Å². The first-order valence-corrected chi connectivity index (χ1v) is 15.3. The normalized spacial score (nSPS) is 14.6. The SMILES string of the molecule is O=C1OC(CCCc2ccc(OCc3coc(CCc4ccccc4)n3)cc2)C(=O)N1Cc1coc(CCc2ccccc2)n1. The first kappa shape index (κ1) is 29.9. The molecule has 2 aromatic heterocycles. The van der Waals surface area contributed by atoms with Gasteiger partial charge in [-0.05, 0) is 60.9 Å². The van der Waals surface area contributed by atoms with Gasteiger partial charge >= 0.3 is 6.09 Å². The molecule has 1 saturated heterocycles. The number of amides is 2. The first-order valence-electron chi connectivity index (χ1n) is 15.3. The van der Waals surface area contributed by atoms with E-state index in [1.807, 2.05) is 60.7 Å². The van der Waals surface area contributed by atoms with Gasteiger partial charge in [-0.3, -0.25) is 4.79 Å². The number of cyclic esters (lactones) is 1. The van der Waals surface area contributed by atoms with Crippen molar-refractivity contribution in [2.45, 2.75) is 64.2 Å². The van der Waals surface area contributed by atoms with Crippen molar-refractivity contribution in [1.29, 1.82) is 0 Å². The summed E-state index contributed by atoms with van der Waals surface area (Å²) in [6.07, 6.45) is 6.62. The van der Waals surface area contributed by atoms with Crippen molar-refractivity contribution in [2.24, 2.45) is 0 Å². The average Bonchev–Trinajstić information content (AvgIpc) is 3.80. The molecule has 5 aromatic rings. The van der Waals surface area contributed by atoms with Crippen LogP contribution in [0.2, 0.25) is 0 Å². The van der Waals surface area contributed by atoms with Crippen LogP contribution in [0.15, 0.2) is 106 Å². The number of rotatable bonds is 15. The maximum Gasteiger partial charge on any atom is 0.417 e. The van der Waals surface area contributed by atoms with Gasteiger partial charge in [0.15, 0.2) is 17.9 Å². The van der Waals surface area contributed by atoms with Gasteiger partial charge in [0.25, 0.3) is 5.91 Å². The Morgan fingerprint density at radius 2 is 1.24 bits per heavy atom. The molecule has 1 aliphatic rings. The number of hydrogen-bond donors (Lipinski definition) is 0. The molecule has 2 amide bonds. The van der Waals surface area contributed by atoms with Gasteiger partial charge in [0.1, 0.15) is 30.6 Å². The zero-order valence-electron chi connectivity index (χ0n) is 25.0. The molecule has 6 rings (SSSR count). The molecule has 1 atom stereocenters. The fourth-order valence-corrected chi connectivity index (χ4v) is 5.25. The minimum Gasteiger partial charge on any atom is -0.487 e. The van der Waals surface area contributed by atoms with Gasteiger partial charge in [0.05, 0.1) is 12.2 Å². The number of imide groups is 1. The summed E-state index contributed by atoms with van der Waals surface area (Å²) in [5.41, 5.74) is 4.82. The largest absolute Gasteiger partial charge is 0.487 e. The third kappa shape index (κ3) is 8.26. The highest BCUT2D eigenvalue weighted by Gasteiger charge is 2.40. The van der Waals surface area contributed by atoms with E-state index in [-0.39, 0.29) is 12.5 Å². The Labute approximate surface area is 261 Å². The smallest absolute Gasteiger partial charge is 0.417 e. The van der Waals surface area contributed by atoms with E-state index in [0.717, 1.165) is 47.6 Å². The molecule has 0 spiro atoms. The second-order valence-electron chi connectivity index (χ2n) is 11.1. The maximum atomic E-state index is 12.9. The van der Waals surface area contributed by atoms with E-state index in [1.54, 1.807) is 6.26 Å². The second-order valence-corrected chi connectivity index (χ2v) is 11.1. The Balaban J connectivity index is 0.903. The van der Waals surface area contributed by atoms with Crippen molar-refractivity contribution in [3.63, 3.8) is 0 Å². The molecule has 3 heterocycles. The van der Waals surface area contributed by atoms with Crippen LogP contribution in [0, 0.1) is 0 Å². The number of carbonyl (C=O) groups excluding carboxylic acids is 2. The highest BCUT2D eigenvalue weighted by atomic mass is 16.6. The third-order valence-electron chi connectivity index (χ3n) is 7.71. The van der Waals surface area contributed by atoms with Gasteiger partial charge in [-0.1, -0.05) is 72.8 Å². The summed E-state index contributed by atoms with van der Waals surface area (Å²) in [6.45, 7) is 0.358. The summed E-state index contributed by atoms with van der Waals surface area (Å²) in [5.74, 6) is 1.67. The molecule has 3 aromatic carbocycles. The number of aromatic nitrogens is 2. The number of hydrogen-bond acceptors (Lipinski definition) is 8. The van der Waals surface area contributed by atoms with Gasteiger partial charge in [0.2, 0.25) is 0 Å². The molecule has 1 unspecified atom stereocenters. The lowest BCUT2D eigenvalue weighted by atomic mass is 10.1. The third-order valence-corrected chi connectivity index (χ3v) is 7.71. The topological polar surface area (TPSA) is 108 Å². The lowest BCUT2D eigenvalue weighted by Crippen LogP contribution is -2.31. The highest BCUT2D eigenvalue weighted by Crippen LogP contribution is 2.22. The Bertz CT molecular complexity index is 1680. The summed E-state index contributed by atoms with van der Waals surface area (Å²) >= 11 is 0. The Morgan fingerprint density at radius 1 is 0.667 bits per heavy atom. The Kier molecular flexibility index (Phi) is 9.64. The van der Waals surface area contributed by atoms with Gasteiger partial charge in [-0.15, -0.1) is 0 Å². The lowest BCUT2D eigenvalue weighted by Gasteiger charge is -2.09. The standard InChI is InChI=1S/C36H35N3O6/c40-35-32(45-36(41)39(35)22-29-23-43-33(37-29)20-16-26-8-3-1-4-9-26)13-7-12-28-14-18-31(19-15-28)42-24-30-25-44-34(38-30)21-17-27-10-5-2-6-11-27/h1-6,8-11,14-15,18-19,23,25,32H,7,12-13,16-17,20-22,24H2. The average molecular weight is 606 g/mol. The van der Waals surface area contributed by atoms with Gasteiger partial charge in [0, 0.05) is 12.8 Å². The predicted molar refractivity (Wildman–Crippen MR) is 165 cm³/mol. The van der Waals surface area contributed by atoms with Crippen molar-refractivity contribution in [2.75, 3.05) is 0 Å². The molecule has 1 fully saturated rings. The minimum absolute atomic E-state index is 0.0355. The van der Waals surface area contributed by atoms with Crippen LogP contribution >= 0.6 is 0 Å². The summed E-state index contributed by atoms with van der Waals surface area (Å²) in [4.78, 5) is 35.4. The van der Waals surface area contributed by atoms with Crippen molar-refractivity contribution in [3.8, 4) is 5.75 Å². The molecule has 0 radical (unpaired) electrons. The van der Waals surface area contributed by atoms with E-state index in [9.17, 15) is 9.59 Å². The molecule has 0 bridgehead atoms. The number of benzene rings is 3. The molecule has 0 N–H and O–H groups in total. The molecule has 45 heavy (non-hydrogen) atoms. The summed E-state index contributed by atoms with van der Waals surface area (Å²) in [7, 11) is 0. The van der Waals surface area contributed by atoms with Crippen LogP contribution in [0.1, 0.15) is 52.7 Å². The highest BCUT2D eigenvalue weighted by molar-refractivity contribution is 5.99. The van der Waals surface area contributed by atoms with Crippen molar-refractivity contribution in [3.05, 3.63) is 137 Å². The molecular weight excluding hydrogens is 570 g/mol. The minimum atomic E-state index is -0.787. The van der Waals surface area contributed by atoms with Crippen molar-refractivity contribution >= 4 is 12.0 Å². The molecule has 1 aliphatic heterocycles.